The first kappa shape index (κ1) is 8.43. The maximum atomic E-state index is 12.8. The van der Waals surface area contributed by atoms with Crippen molar-refractivity contribution in [3.63, 3.8) is 0 Å². The van der Waals surface area contributed by atoms with Gasteiger partial charge in [0.1, 0.15) is 5.75 Å². The number of rotatable bonds is 2. The highest BCUT2D eigenvalue weighted by atomic mass is 19.1. The number of isocyanates is 1. The van der Waals surface area contributed by atoms with E-state index in [9.17, 15) is 9.18 Å². The van der Waals surface area contributed by atoms with Crippen LogP contribution in [0.3, 0.4) is 0 Å². The molecule has 0 aliphatic heterocycles. The van der Waals surface area contributed by atoms with Crippen molar-refractivity contribution in [2.24, 2.45) is 4.99 Å². The summed E-state index contributed by atoms with van der Waals surface area (Å²) in [4.78, 5) is 12.5. The zero-order chi connectivity index (χ0) is 8.97. The van der Waals surface area contributed by atoms with E-state index in [0.717, 1.165) is 6.08 Å². The van der Waals surface area contributed by atoms with Crippen LogP contribution in [0.25, 0.3) is 0 Å². The number of alkyl halides is 1. The molecule has 0 saturated heterocycles. The third-order valence-electron chi connectivity index (χ3n) is 1.31. The molecule has 1 aromatic carbocycles. The van der Waals surface area contributed by atoms with Gasteiger partial charge in [-0.2, -0.15) is 4.99 Å². The van der Waals surface area contributed by atoms with Crippen LogP contribution in [-0.4, -0.2) is 11.2 Å². The van der Waals surface area contributed by atoms with Gasteiger partial charge in [-0.05, 0) is 12.1 Å². The van der Waals surface area contributed by atoms with Gasteiger partial charge in [0.15, 0.2) is 0 Å². The van der Waals surface area contributed by atoms with Gasteiger partial charge in [0.05, 0.1) is 0 Å². The standard InChI is InChI=1S/C8H6FNO2/c9-8(10-5-11)6-2-1-3-7(12)4-6/h1-4,8,12H. The Labute approximate surface area is 68.2 Å². The van der Waals surface area contributed by atoms with Gasteiger partial charge >= 0.3 is 0 Å². The fraction of sp³-hybridized carbons (Fsp3) is 0.125. The molecule has 0 amide bonds. The molecular weight excluding hydrogens is 161 g/mol. The monoisotopic (exact) mass is 167 g/mol. The molecule has 1 N–H and O–H groups in total. The van der Waals surface area contributed by atoms with Crippen LogP contribution >= 0.6 is 0 Å². The van der Waals surface area contributed by atoms with Gasteiger partial charge in [-0.15, -0.1) is 0 Å². The molecule has 0 heterocycles. The summed E-state index contributed by atoms with van der Waals surface area (Å²) in [6.45, 7) is 0. The number of carbonyl (C=O) groups excluding carboxylic acids is 1. The Kier molecular flexibility index (Phi) is 2.56. The molecule has 12 heavy (non-hydrogen) atoms. The number of hydrogen-bond acceptors (Lipinski definition) is 3. The first-order chi connectivity index (χ1) is 5.74. The van der Waals surface area contributed by atoms with Gasteiger partial charge in [0.25, 0.3) is 0 Å². The number of phenolic OH excluding ortho intramolecular Hbond substituents is 1. The molecule has 0 radical (unpaired) electrons. The minimum Gasteiger partial charge on any atom is -0.508 e. The first-order valence-electron chi connectivity index (χ1n) is 3.24. The highest BCUT2D eigenvalue weighted by Crippen LogP contribution is 2.21. The number of phenols is 1. The number of aromatic hydroxyl groups is 1. The van der Waals surface area contributed by atoms with Crippen molar-refractivity contribution >= 4 is 6.08 Å². The van der Waals surface area contributed by atoms with E-state index in [-0.39, 0.29) is 11.3 Å². The first-order valence-corrected chi connectivity index (χ1v) is 3.24. The van der Waals surface area contributed by atoms with Crippen molar-refractivity contribution in [2.45, 2.75) is 6.30 Å². The summed E-state index contributed by atoms with van der Waals surface area (Å²) in [6.07, 6.45) is -0.637. The van der Waals surface area contributed by atoms with Crippen LogP contribution in [0.15, 0.2) is 29.3 Å². The Balaban J connectivity index is 2.94. The Hall–Kier alpha value is -1.67. The maximum absolute atomic E-state index is 12.8. The lowest BCUT2D eigenvalue weighted by Gasteiger charge is -2.00. The van der Waals surface area contributed by atoms with E-state index in [4.69, 9.17) is 5.11 Å². The third kappa shape index (κ3) is 1.90. The molecule has 62 valence electrons. The van der Waals surface area contributed by atoms with Crippen molar-refractivity contribution in [1.82, 2.24) is 0 Å². The number of benzene rings is 1. The van der Waals surface area contributed by atoms with Gasteiger partial charge in [0, 0.05) is 5.56 Å². The Morgan fingerprint density at radius 3 is 2.92 bits per heavy atom. The number of hydrogen-bond donors (Lipinski definition) is 1. The van der Waals surface area contributed by atoms with Crippen molar-refractivity contribution < 1.29 is 14.3 Å². The number of nitrogens with zero attached hydrogens (tertiary/aromatic N) is 1. The zero-order valence-electron chi connectivity index (χ0n) is 6.07. The lowest BCUT2D eigenvalue weighted by atomic mass is 10.2. The van der Waals surface area contributed by atoms with E-state index < -0.39 is 6.30 Å². The van der Waals surface area contributed by atoms with Crippen LogP contribution in [0.2, 0.25) is 0 Å². The normalized spacial score (nSPS) is 11.8. The molecule has 0 aliphatic carbocycles. The van der Waals surface area contributed by atoms with Crippen molar-refractivity contribution in [1.29, 1.82) is 0 Å². The predicted molar refractivity (Wildman–Crippen MR) is 40.1 cm³/mol. The van der Waals surface area contributed by atoms with Crippen molar-refractivity contribution in [2.75, 3.05) is 0 Å². The van der Waals surface area contributed by atoms with Gasteiger partial charge in [-0.25, -0.2) is 9.18 Å². The molecule has 0 aromatic heterocycles. The Morgan fingerprint density at radius 2 is 2.33 bits per heavy atom. The molecular formula is C8H6FNO2. The SMILES string of the molecule is O=C=NC(F)c1cccc(O)c1. The fourth-order valence-corrected chi connectivity index (χ4v) is 0.794. The minimum atomic E-state index is -1.74. The Morgan fingerprint density at radius 1 is 1.58 bits per heavy atom. The van der Waals surface area contributed by atoms with E-state index in [1.807, 2.05) is 0 Å². The summed E-state index contributed by atoms with van der Waals surface area (Å²) in [7, 11) is 0. The second-order valence-electron chi connectivity index (χ2n) is 2.15. The van der Waals surface area contributed by atoms with Gasteiger partial charge < -0.3 is 5.11 Å². The van der Waals surface area contributed by atoms with E-state index in [2.05, 4.69) is 4.99 Å². The molecule has 1 aromatic rings. The third-order valence-corrected chi connectivity index (χ3v) is 1.31. The van der Waals surface area contributed by atoms with E-state index in [1.54, 1.807) is 0 Å². The average Bonchev–Trinajstić information content (AvgIpc) is 2.05. The molecule has 0 fully saturated rings. The molecule has 1 unspecified atom stereocenters. The fourth-order valence-electron chi connectivity index (χ4n) is 0.794. The van der Waals surface area contributed by atoms with Crippen LogP contribution in [0.5, 0.6) is 5.75 Å². The summed E-state index contributed by atoms with van der Waals surface area (Å²) in [5.74, 6) is -0.0590. The summed E-state index contributed by atoms with van der Waals surface area (Å²) in [5, 5.41) is 8.92. The minimum absolute atomic E-state index is 0.0590. The van der Waals surface area contributed by atoms with E-state index >= 15 is 0 Å². The summed E-state index contributed by atoms with van der Waals surface area (Å²) in [5.41, 5.74) is 0.137. The lowest BCUT2D eigenvalue weighted by Crippen LogP contribution is -1.85. The summed E-state index contributed by atoms with van der Waals surface area (Å²) >= 11 is 0. The number of aliphatic imine (C=N–C) groups is 1. The summed E-state index contributed by atoms with van der Waals surface area (Å²) in [6, 6.07) is 5.50. The van der Waals surface area contributed by atoms with Crippen LogP contribution in [0, 0.1) is 0 Å². The largest absolute Gasteiger partial charge is 0.508 e. The van der Waals surface area contributed by atoms with Gasteiger partial charge in [-0.3, -0.25) is 0 Å². The molecule has 1 atom stereocenters. The van der Waals surface area contributed by atoms with Crippen molar-refractivity contribution in [3.05, 3.63) is 29.8 Å². The summed E-state index contributed by atoms with van der Waals surface area (Å²) < 4.78 is 12.8. The van der Waals surface area contributed by atoms with Crippen LogP contribution in [0.4, 0.5) is 4.39 Å². The highest BCUT2D eigenvalue weighted by Gasteiger charge is 2.06. The smallest absolute Gasteiger partial charge is 0.238 e. The van der Waals surface area contributed by atoms with Gasteiger partial charge in [-0.1, -0.05) is 12.1 Å². The van der Waals surface area contributed by atoms with E-state index in [1.165, 1.54) is 24.3 Å². The van der Waals surface area contributed by atoms with Crippen LogP contribution in [0.1, 0.15) is 11.9 Å². The van der Waals surface area contributed by atoms with E-state index in [0.29, 0.717) is 0 Å². The quantitative estimate of drug-likeness (QED) is 0.414. The highest BCUT2D eigenvalue weighted by molar-refractivity contribution is 5.36. The molecule has 0 spiro atoms. The van der Waals surface area contributed by atoms with Gasteiger partial charge in [0.2, 0.25) is 12.4 Å². The second-order valence-corrected chi connectivity index (χ2v) is 2.15. The van der Waals surface area contributed by atoms with Crippen molar-refractivity contribution in [3.8, 4) is 5.75 Å². The lowest BCUT2D eigenvalue weighted by molar-refractivity contribution is 0.354. The molecule has 4 heteroatoms. The molecule has 0 saturated carbocycles. The number of halogens is 1. The zero-order valence-corrected chi connectivity index (χ0v) is 6.07. The topological polar surface area (TPSA) is 49.7 Å². The predicted octanol–water partition coefficient (Wildman–Crippen LogP) is 1.70. The molecule has 0 aliphatic rings. The van der Waals surface area contributed by atoms with Crippen LogP contribution < -0.4 is 0 Å². The maximum Gasteiger partial charge on any atom is 0.238 e. The molecule has 0 bridgehead atoms. The Bertz CT molecular complexity index is 321. The molecule has 3 nitrogen and oxygen atoms in total. The molecule has 1 rings (SSSR count). The average molecular weight is 167 g/mol. The van der Waals surface area contributed by atoms with Crippen LogP contribution in [-0.2, 0) is 4.79 Å². The second kappa shape index (κ2) is 3.64.